The highest BCUT2D eigenvalue weighted by atomic mass is 16.5. The number of aromatic nitrogens is 1. The summed E-state index contributed by atoms with van der Waals surface area (Å²) in [6, 6.07) is 1.69. The standard InChI is InChI=1S/C11H13NO2/c1-4-5-9-6-10(11(13)14-3)12-7-8(9)2/h5-7H,2,4H2,1,3H3/b9-5+. The Hall–Kier alpha value is -1.64. The second-order valence-corrected chi connectivity index (χ2v) is 2.87. The molecule has 0 aliphatic rings. The van der Waals surface area contributed by atoms with Gasteiger partial charge in [0.2, 0.25) is 0 Å². The molecule has 0 unspecified atom stereocenters. The Labute approximate surface area is 82.7 Å². The van der Waals surface area contributed by atoms with Crippen LogP contribution in [0, 0.1) is 0 Å². The summed E-state index contributed by atoms with van der Waals surface area (Å²) >= 11 is 0. The van der Waals surface area contributed by atoms with E-state index in [1.807, 2.05) is 13.0 Å². The molecule has 1 rings (SSSR count). The summed E-state index contributed by atoms with van der Waals surface area (Å²) in [5, 5.41) is 1.75. The normalized spacial score (nSPS) is 11.4. The molecule has 0 saturated carbocycles. The van der Waals surface area contributed by atoms with Crippen LogP contribution >= 0.6 is 0 Å². The van der Waals surface area contributed by atoms with Gasteiger partial charge in [0.05, 0.1) is 7.11 Å². The number of rotatable bonds is 2. The lowest BCUT2D eigenvalue weighted by atomic mass is 10.2. The van der Waals surface area contributed by atoms with E-state index in [1.165, 1.54) is 7.11 Å². The molecule has 0 atom stereocenters. The van der Waals surface area contributed by atoms with E-state index in [4.69, 9.17) is 0 Å². The van der Waals surface area contributed by atoms with Crippen molar-refractivity contribution in [3.8, 4) is 0 Å². The van der Waals surface area contributed by atoms with Gasteiger partial charge in [0.25, 0.3) is 0 Å². The first-order chi connectivity index (χ1) is 6.69. The Bertz CT molecular complexity index is 437. The van der Waals surface area contributed by atoms with Crippen LogP contribution in [0.4, 0.5) is 0 Å². The molecular formula is C11H13NO2. The number of carbonyl (C=O) groups excluding carboxylic acids is 1. The summed E-state index contributed by atoms with van der Waals surface area (Å²) in [5.41, 5.74) is 0.319. The number of esters is 1. The maximum atomic E-state index is 11.2. The lowest BCUT2D eigenvalue weighted by molar-refractivity contribution is 0.0594. The van der Waals surface area contributed by atoms with E-state index >= 15 is 0 Å². The predicted octanol–water partition coefficient (Wildman–Crippen LogP) is 0.469. The molecule has 0 aliphatic heterocycles. The van der Waals surface area contributed by atoms with Crippen molar-refractivity contribution in [2.45, 2.75) is 13.3 Å². The number of nitrogens with zero attached hydrogens (tertiary/aromatic N) is 1. The number of hydrogen-bond acceptors (Lipinski definition) is 3. The summed E-state index contributed by atoms with van der Waals surface area (Å²) in [7, 11) is 1.34. The van der Waals surface area contributed by atoms with Gasteiger partial charge in [-0.3, -0.25) is 0 Å². The molecular weight excluding hydrogens is 178 g/mol. The molecule has 1 aromatic heterocycles. The molecule has 3 heteroatoms. The number of hydrogen-bond donors (Lipinski definition) is 0. The van der Waals surface area contributed by atoms with Crippen LogP contribution in [0.3, 0.4) is 0 Å². The molecule has 1 aromatic rings. The van der Waals surface area contributed by atoms with Crippen LogP contribution in [-0.2, 0) is 4.74 Å². The molecule has 0 N–H and O–H groups in total. The van der Waals surface area contributed by atoms with E-state index in [2.05, 4.69) is 16.3 Å². The fraction of sp³-hybridized carbons (Fsp3) is 0.273. The van der Waals surface area contributed by atoms with Crippen molar-refractivity contribution in [1.29, 1.82) is 0 Å². The molecule has 0 fully saturated rings. The zero-order valence-electron chi connectivity index (χ0n) is 8.41. The number of ether oxygens (including phenoxy) is 1. The molecule has 0 aliphatic carbocycles. The van der Waals surface area contributed by atoms with E-state index in [9.17, 15) is 4.79 Å². The molecule has 0 bridgehead atoms. The van der Waals surface area contributed by atoms with Crippen molar-refractivity contribution in [2.24, 2.45) is 0 Å². The van der Waals surface area contributed by atoms with Crippen molar-refractivity contribution in [3.05, 3.63) is 28.4 Å². The van der Waals surface area contributed by atoms with Crippen molar-refractivity contribution >= 4 is 18.6 Å². The summed E-state index contributed by atoms with van der Waals surface area (Å²) in [4.78, 5) is 15.1. The van der Waals surface area contributed by atoms with Crippen LogP contribution in [0.2, 0.25) is 0 Å². The summed E-state index contributed by atoms with van der Waals surface area (Å²) in [6.45, 7) is 5.85. The average Bonchev–Trinajstić information content (AvgIpc) is 2.20. The molecule has 14 heavy (non-hydrogen) atoms. The second-order valence-electron chi connectivity index (χ2n) is 2.87. The number of carbonyl (C=O) groups is 1. The first-order valence-corrected chi connectivity index (χ1v) is 4.42. The minimum atomic E-state index is -0.421. The van der Waals surface area contributed by atoms with Gasteiger partial charge in [0.1, 0.15) is 5.69 Å². The molecule has 0 amide bonds. The third kappa shape index (κ3) is 2.19. The van der Waals surface area contributed by atoms with Gasteiger partial charge in [0, 0.05) is 6.20 Å². The Morgan fingerprint density at radius 3 is 3.00 bits per heavy atom. The second kappa shape index (κ2) is 4.56. The summed E-state index contributed by atoms with van der Waals surface area (Å²) < 4.78 is 4.57. The Kier molecular flexibility index (Phi) is 3.40. The van der Waals surface area contributed by atoms with Gasteiger partial charge in [-0.25, -0.2) is 9.78 Å². The molecule has 3 nitrogen and oxygen atoms in total. The maximum Gasteiger partial charge on any atom is 0.356 e. The van der Waals surface area contributed by atoms with E-state index in [0.29, 0.717) is 5.69 Å². The lowest BCUT2D eigenvalue weighted by Gasteiger charge is -1.97. The fourth-order valence-electron chi connectivity index (χ4n) is 1.13. The van der Waals surface area contributed by atoms with E-state index in [0.717, 1.165) is 16.9 Å². The highest BCUT2D eigenvalue weighted by molar-refractivity contribution is 5.87. The zero-order valence-corrected chi connectivity index (χ0v) is 8.41. The highest BCUT2D eigenvalue weighted by Crippen LogP contribution is 1.90. The van der Waals surface area contributed by atoms with Gasteiger partial charge in [-0.1, -0.05) is 19.6 Å². The van der Waals surface area contributed by atoms with Crippen molar-refractivity contribution in [1.82, 2.24) is 4.98 Å². The smallest absolute Gasteiger partial charge is 0.356 e. The first-order valence-electron chi connectivity index (χ1n) is 4.42. The molecule has 0 spiro atoms. The minimum Gasteiger partial charge on any atom is -0.464 e. The quantitative estimate of drug-likeness (QED) is 0.638. The maximum absolute atomic E-state index is 11.2. The van der Waals surface area contributed by atoms with Gasteiger partial charge in [-0.2, -0.15) is 0 Å². The molecule has 0 aromatic carbocycles. The minimum absolute atomic E-state index is 0.319. The SMILES string of the molecule is C=c1cnc(C(=O)OC)c/c1=C\CC. The van der Waals surface area contributed by atoms with Crippen LogP contribution < -0.4 is 10.4 Å². The van der Waals surface area contributed by atoms with Crippen LogP contribution in [0.15, 0.2) is 12.3 Å². The number of methoxy groups -OCH3 is 1. The van der Waals surface area contributed by atoms with Crippen LogP contribution in [0.1, 0.15) is 23.8 Å². The largest absolute Gasteiger partial charge is 0.464 e. The third-order valence-electron chi connectivity index (χ3n) is 1.84. The molecule has 0 saturated heterocycles. The van der Waals surface area contributed by atoms with Crippen molar-refractivity contribution in [3.63, 3.8) is 0 Å². The fourth-order valence-corrected chi connectivity index (χ4v) is 1.13. The van der Waals surface area contributed by atoms with E-state index in [-0.39, 0.29) is 0 Å². The lowest BCUT2D eigenvalue weighted by Crippen LogP contribution is -2.26. The Morgan fingerprint density at radius 2 is 2.43 bits per heavy atom. The summed E-state index contributed by atoms with van der Waals surface area (Å²) in [6.07, 6.45) is 4.47. The Balaban J connectivity index is 3.27. The van der Waals surface area contributed by atoms with Gasteiger partial charge in [-0.05, 0) is 22.9 Å². The van der Waals surface area contributed by atoms with E-state index in [1.54, 1.807) is 12.3 Å². The highest BCUT2D eigenvalue weighted by Gasteiger charge is 2.05. The Morgan fingerprint density at radius 1 is 1.71 bits per heavy atom. The molecule has 0 radical (unpaired) electrons. The van der Waals surface area contributed by atoms with Gasteiger partial charge in [0.15, 0.2) is 0 Å². The molecule has 1 heterocycles. The number of pyridine rings is 1. The first kappa shape index (κ1) is 10.4. The van der Waals surface area contributed by atoms with Crippen molar-refractivity contribution in [2.75, 3.05) is 7.11 Å². The predicted molar refractivity (Wildman–Crippen MR) is 55.1 cm³/mol. The van der Waals surface area contributed by atoms with Crippen molar-refractivity contribution < 1.29 is 9.53 Å². The van der Waals surface area contributed by atoms with Crippen LogP contribution in [0.5, 0.6) is 0 Å². The summed E-state index contributed by atoms with van der Waals surface area (Å²) in [5.74, 6) is -0.421. The van der Waals surface area contributed by atoms with Crippen LogP contribution in [0.25, 0.3) is 12.7 Å². The zero-order chi connectivity index (χ0) is 10.6. The van der Waals surface area contributed by atoms with Gasteiger partial charge < -0.3 is 4.74 Å². The van der Waals surface area contributed by atoms with Gasteiger partial charge in [-0.15, -0.1) is 0 Å². The average molecular weight is 191 g/mol. The van der Waals surface area contributed by atoms with E-state index < -0.39 is 5.97 Å². The molecule has 74 valence electrons. The third-order valence-corrected chi connectivity index (χ3v) is 1.84. The van der Waals surface area contributed by atoms with Crippen LogP contribution in [-0.4, -0.2) is 18.1 Å². The topological polar surface area (TPSA) is 39.2 Å². The monoisotopic (exact) mass is 191 g/mol. The van der Waals surface area contributed by atoms with Gasteiger partial charge >= 0.3 is 5.97 Å².